The second-order valence-corrected chi connectivity index (χ2v) is 6.62. The zero-order valence-corrected chi connectivity index (χ0v) is 14.8. The number of carbonyl (C=O) groups is 2. The molecule has 0 aliphatic rings. The SMILES string of the molecule is COC(=O)c1ccc(CNC(=O)CCSc2ccc(Cl)cc2)cc1. The number of thioether (sulfide) groups is 1. The van der Waals surface area contributed by atoms with Crippen molar-refractivity contribution < 1.29 is 14.3 Å². The summed E-state index contributed by atoms with van der Waals surface area (Å²) in [4.78, 5) is 24.3. The van der Waals surface area contributed by atoms with Crippen molar-refractivity contribution in [2.75, 3.05) is 12.9 Å². The van der Waals surface area contributed by atoms with Gasteiger partial charge in [-0.15, -0.1) is 11.8 Å². The average Bonchev–Trinajstić information content (AvgIpc) is 2.61. The molecular weight excluding hydrogens is 346 g/mol. The molecule has 0 bridgehead atoms. The molecule has 0 radical (unpaired) electrons. The standard InChI is InChI=1S/C18H18ClNO3S/c1-23-18(22)14-4-2-13(3-5-14)12-20-17(21)10-11-24-16-8-6-15(19)7-9-16/h2-9H,10-12H2,1H3,(H,20,21). The Morgan fingerprint density at radius 2 is 1.75 bits per heavy atom. The van der Waals surface area contributed by atoms with E-state index in [1.54, 1.807) is 36.0 Å². The Balaban J connectivity index is 1.71. The van der Waals surface area contributed by atoms with Gasteiger partial charge in [0.1, 0.15) is 0 Å². The monoisotopic (exact) mass is 363 g/mol. The summed E-state index contributed by atoms with van der Waals surface area (Å²) in [6, 6.07) is 14.5. The molecule has 0 unspecified atom stereocenters. The Labute approximate surface area is 150 Å². The highest BCUT2D eigenvalue weighted by Gasteiger charge is 2.06. The van der Waals surface area contributed by atoms with Gasteiger partial charge in [0.25, 0.3) is 0 Å². The first-order chi connectivity index (χ1) is 11.6. The highest BCUT2D eigenvalue weighted by molar-refractivity contribution is 7.99. The van der Waals surface area contributed by atoms with Crippen LogP contribution in [-0.4, -0.2) is 24.7 Å². The topological polar surface area (TPSA) is 55.4 Å². The molecule has 0 atom stereocenters. The van der Waals surface area contributed by atoms with Crippen molar-refractivity contribution >= 4 is 35.2 Å². The Morgan fingerprint density at radius 1 is 1.08 bits per heavy atom. The van der Waals surface area contributed by atoms with E-state index >= 15 is 0 Å². The zero-order valence-electron chi connectivity index (χ0n) is 13.3. The summed E-state index contributed by atoms with van der Waals surface area (Å²) in [7, 11) is 1.35. The quantitative estimate of drug-likeness (QED) is 0.598. The molecule has 0 aromatic heterocycles. The predicted molar refractivity (Wildman–Crippen MR) is 96.4 cm³/mol. The van der Waals surface area contributed by atoms with E-state index in [0.29, 0.717) is 29.3 Å². The number of amides is 1. The van der Waals surface area contributed by atoms with Crippen LogP contribution in [0.15, 0.2) is 53.4 Å². The predicted octanol–water partition coefficient (Wildman–Crippen LogP) is 3.93. The number of benzene rings is 2. The molecule has 0 fully saturated rings. The highest BCUT2D eigenvalue weighted by Crippen LogP contribution is 2.20. The van der Waals surface area contributed by atoms with Crippen molar-refractivity contribution in [1.29, 1.82) is 0 Å². The van der Waals surface area contributed by atoms with E-state index < -0.39 is 0 Å². The number of rotatable bonds is 7. The Bertz CT molecular complexity index is 686. The van der Waals surface area contributed by atoms with Crippen LogP contribution < -0.4 is 5.32 Å². The van der Waals surface area contributed by atoms with Crippen LogP contribution in [0.1, 0.15) is 22.3 Å². The van der Waals surface area contributed by atoms with E-state index in [1.807, 2.05) is 24.3 Å². The van der Waals surface area contributed by atoms with Crippen molar-refractivity contribution in [3.63, 3.8) is 0 Å². The van der Waals surface area contributed by atoms with E-state index in [2.05, 4.69) is 10.1 Å². The second kappa shape index (κ2) is 9.35. The van der Waals surface area contributed by atoms with Gasteiger partial charge in [-0.3, -0.25) is 4.79 Å². The molecule has 0 heterocycles. The molecule has 1 N–H and O–H groups in total. The van der Waals surface area contributed by atoms with Crippen LogP contribution in [0.2, 0.25) is 5.02 Å². The van der Waals surface area contributed by atoms with Gasteiger partial charge in [-0.2, -0.15) is 0 Å². The van der Waals surface area contributed by atoms with Crippen LogP contribution in [0.3, 0.4) is 0 Å². The normalized spacial score (nSPS) is 10.2. The lowest BCUT2D eigenvalue weighted by Crippen LogP contribution is -2.23. The van der Waals surface area contributed by atoms with Gasteiger partial charge in [0.2, 0.25) is 5.91 Å². The van der Waals surface area contributed by atoms with E-state index in [0.717, 1.165) is 10.5 Å². The van der Waals surface area contributed by atoms with Crippen LogP contribution in [0, 0.1) is 0 Å². The summed E-state index contributed by atoms with van der Waals surface area (Å²) in [6.45, 7) is 0.436. The molecule has 24 heavy (non-hydrogen) atoms. The molecule has 126 valence electrons. The third-order valence-electron chi connectivity index (χ3n) is 3.28. The molecule has 0 aliphatic carbocycles. The molecule has 2 aromatic carbocycles. The first-order valence-electron chi connectivity index (χ1n) is 7.41. The van der Waals surface area contributed by atoms with Gasteiger partial charge in [0.15, 0.2) is 0 Å². The highest BCUT2D eigenvalue weighted by atomic mass is 35.5. The van der Waals surface area contributed by atoms with Gasteiger partial charge >= 0.3 is 5.97 Å². The number of ether oxygens (including phenoxy) is 1. The van der Waals surface area contributed by atoms with Crippen LogP contribution >= 0.6 is 23.4 Å². The van der Waals surface area contributed by atoms with Gasteiger partial charge in [-0.25, -0.2) is 4.79 Å². The minimum Gasteiger partial charge on any atom is -0.465 e. The lowest BCUT2D eigenvalue weighted by atomic mass is 10.1. The largest absolute Gasteiger partial charge is 0.465 e. The van der Waals surface area contributed by atoms with Gasteiger partial charge in [-0.05, 0) is 42.0 Å². The van der Waals surface area contributed by atoms with E-state index in [9.17, 15) is 9.59 Å². The number of hydrogen-bond donors (Lipinski definition) is 1. The zero-order chi connectivity index (χ0) is 17.4. The van der Waals surface area contributed by atoms with E-state index in [-0.39, 0.29) is 11.9 Å². The number of nitrogens with one attached hydrogen (secondary N) is 1. The molecular formula is C18H18ClNO3S. The average molecular weight is 364 g/mol. The molecule has 0 spiro atoms. The van der Waals surface area contributed by atoms with Crippen LogP contribution in [0.25, 0.3) is 0 Å². The van der Waals surface area contributed by atoms with Crippen molar-refractivity contribution in [1.82, 2.24) is 5.32 Å². The molecule has 2 aromatic rings. The first-order valence-corrected chi connectivity index (χ1v) is 8.77. The van der Waals surface area contributed by atoms with Crippen LogP contribution in [0.4, 0.5) is 0 Å². The maximum absolute atomic E-state index is 11.9. The van der Waals surface area contributed by atoms with E-state index in [4.69, 9.17) is 11.6 Å². The number of carbonyl (C=O) groups excluding carboxylic acids is 2. The van der Waals surface area contributed by atoms with Crippen LogP contribution in [-0.2, 0) is 16.1 Å². The third-order valence-corrected chi connectivity index (χ3v) is 4.54. The third kappa shape index (κ3) is 5.91. The van der Waals surface area contributed by atoms with Gasteiger partial charge in [0, 0.05) is 28.6 Å². The second-order valence-electron chi connectivity index (χ2n) is 5.02. The summed E-state index contributed by atoms with van der Waals surface area (Å²) in [5.41, 5.74) is 1.42. The maximum atomic E-state index is 11.9. The Hall–Kier alpha value is -1.98. The summed E-state index contributed by atoms with van der Waals surface area (Å²) in [5, 5.41) is 3.57. The minimum absolute atomic E-state index is 0.00601. The number of methoxy groups -OCH3 is 1. The fraction of sp³-hybridized carbons (Fsp3) is 0.222. The minimum atomic E-state index is -0.371. The molecule has 1 amide bonds. The molecule has 2 rings (SSSR count). The van der Waals surface area contributed by atoms with Crippen molar-refractivity contribution in [2.24, 2.45) is 0 Å². The molecule has 4 nitrogen and oxygen atoms in total. The summed E-state index contributed by atoms with van der Waals surface area (Å²) < 4.78 is 4.64. The van der Waals surface area contributed by atoms with Gasteiger partial charge < -0.3 is 10.1 Å². The van der Waals surface area contributed by atoms with E-state index in [1.165, 1.54) is 7.11 Å². The summed E-state index contributed by atoms with van der Waals surface area (Å²) in [5.74, 6) is 0.327. The smallest absolute Gasteiger partial charge is 0.337 e. The number of hydrogen-bond acceptors (Lipinski definition) is 4. The maximum Gasteiger partial charge on any atom is 0.337 e. The fourth-order valence-corrected chi connectivity index (χ4v) is 2.94. The summed E-state index contributed by atoms with van der Waals surface area (Å²) in [6.07, 6.45) is 0.438. The fourth-order valence-electron chi connectivity index (χ4n) is 1.96. The number of halogens is 1. The van der Waals surface area contributed by atoms with Gasteiger partial charge in [0.05, 0.1) is 12.7 Å². The van der Waals surface area contributed by atoms with Crippen LogP contribution in [0.5, 0.6) is 0 Å². The molecule has 0 saturated heterocycles. The van der Waals surface area contributed by atoms with Crippen molar-refractivity contribution in [3.05, 3.63) is 64.7 Å². The first kappa shape index (κ1) is 18.4. The molecule has 0 saturated carbocycles. The molecule has 6 heteroatoms. The van der Waals surface area contributed by atoms with Crippen molar-refractivity contribution in [2.45, 2.75) is 17.9 Å². The number of esters is 1. The lowest BCUT2D eigenvalue weighted by molar-refractivity contribution is -0.120. The molecule has 0 aliphatic heterocycles. The van der Waals surface area contributed by atoms with Crippen molar-refractivity contribution in [3.8, 4) is 0 Å². The van der Waals surface area contributed by atoms with Gasteiger partial charge in [-0.1, -0.05) is 23.7 Å². The lowest BCUT2D eigenvalue weighted by Gasteiger charge is -2.06. The Kier molecular flexibility index (Phi) is 7.15. The summed E-state index contributed by atoms with van der Waals surface area (Å²) >= 11 is 7.45. The Morgan fingerprint density at radius 3 is 2.38 bits per heavy atom.